The van der Waals surface area contributed by atoms with E-state index < -0.39 is 5.97 Å². The van der Waals surface area contributed by atoms with E-state index >= 15 is 0 Å². The number of carboxylic acids is 1. The van der Waals surface area contributed by atoms with Crippen LogP contribution in [-0.4, -0.2) is 40.1 Å². The summed E-state index contributed by atoms with van der Waals surface area (Å²) >= 11 is 6.28. The largest absolute Gasteiger partial charge is 0.478 e. The summed E-state index contributed by atoms with van der Waals surface area (Å²) in [7, 11) is 0. The number of hydrogen-bond acceptors (Lipinski definition) is 5. The number of carboxylic acid groups (broad SMARTS) is 1. The van der Waals surface area contributed by atoms with E-state index in [2.05, 4.69) is 5.16 Å². The molecule has 8 heteroatoms. The summed E-state index contributed by atoms with van der Waals surface area (Å²) in [6.07, 6.45) is 0. The van der Waals surface area contributed by atoms with E-state index in [1.54, 1.807) is 48.2 Å². The molecule has 0 radical (unpaired) electrons. The Morgan fingerprint density at radius 1 is 1.17 bits per heavy atom. The van der Waals surface area contributed by atoms with Crippen LogP contribution in [0.15, 0.2) is 53.1 Å². The number of nitrogens with two attached hydrogens (primary N) is 1. The Kier molecular flexibility index (Phi) is 6.31. The summed E-state index contributed by atoms with van der Waals surface area (Å²) in [6.45, 7) is 2.52. The lowest BCUT2D eigenvalue weighted by Crippen LogP contribution is -2.35. The standard InChI is InChI=1S/C21H20ClN3O4/c1-13-18(19(24-29-13)16-4-2-3-5-17(16)22)20(26)25(11-10-23)12-14-6-8-15(9-7-14)21(27)28/h2-9H,10-12,23H2,1H3,(H,27,28). The molecule has 0 atom stereocenters. The quantitative estimate of drug-likeness (QED) is 0.612. The lowest BCUT2D eigenvalue weighted by molar-refractivity contribution is 0.0694. The molecular weight excluding hydrogens is 394 g/mol. The van der Waals surface area contributed by atoms with Crippen molar-refractivity contribution in [3.05, 3.63) is 76.0 Å². The Hall–Kier alpha value is -3.16. The predicted molar refractivity (Wildman–Crippen MR) is 109 cm³/mol. The molecule has 0 aliphatic carbocycles. The van der Waals surface area contributed by atoms with Gasteiger partial charge in [0, 0.05) is 25.2 Å². The molecule has 1 amide bonds. The highest BCUT2D eigenvalue weighted by Gasteiger charge is 2.27. The third-order valence-electron chi connectivity index (χ3n) is 4.47. The van der Waals surface area contributed by atoms with Gasteiger partial charge in [-0.3, -0.25) is 4.79 Å². The van der Waals surface area contributed by atoms with Gasteiger partial charge in [-0.15, -0.1) is 0 Å². The molecule has 0 aliphatic heterocycles. The summed E-state index contributed by atoms with van der Waals surface area (Å²) in [5, 5.41) is 13.5. The Labute approximate surface area is 172 Å². The maximum absolute atomic E-state index is 13.3. The van der Waals surface area contributed by atoms with Crippen molar-refractivity contribution in [2.75, 3.05) is 13.1 Å². The van der Waals surface area contributed by atoms with Gasteiger partial charge in [0.2, 0.25) is 0 Å². The van der Waals surface area contributed by atoms with E-state index in [9.17, 15) is 9.59 Å². The summed E-state index contributed by atoms with van der Waals surface area (Å²) in [4.78, 5) is 25.9. The molecule has 0 aliphatic rings. The van der Waals surface area contributed by atoms with Gasteiger partial charge in [0.25, 0.3) is 5.91 Å². The number of benzene rings is 2. The van der Waals surface area contributed by atoms with Gasteiger partial charge in [0.15, 0.2) is 0 Å². The van der Waals surface area contributed by atoms with Crippen LogP contribution in [0.4, 0.5) is 0 Å². The molecule has 0 saturated carbocycles. The SMILES string of the molecule is Cc1onc(-c2ccccc2Cl)c1C(=O)N(CCN)Cc1ccc(C(=O)O)cc1. The summed E-state index contributed by atoms with van der Waals surface area (Å²) in [5.74, 6) is -0.907. The Morgan fingerprint density at radius 2 is 1.86 bits per heavy atom. The normalized spacial score (nSPS) is 10.7. The van der Waals surface area contributed by atoms with Crippen molar-refractivity contribution in [3.63, 3.8) is 0 Å². The highest BCUT2D eigenvalue weighted by atomic mass is 35.5. The van der Waals surface area contributed by atoms with Crippen molar-refractivity contribution in [1.82, 2.24) is 10.1 Å². The van der Waals surface area contributed by atoms with E-state index in [1.807, 2.05) is 0 Å². The first-order valence-electron chi connectivity index (χ1n) is 8.95. The summed E-state index contributed by atoms with van der Waals surface area (Å²) < 4.78 is 5.29. The van der Waals surface area contributed by atoms with Crippen LogP contribution in [-0.2, 0) is 6.54 Å². The molecular formula is C21H20ClN3O4. The van der Waals surface area contributed by atoms with Gasteiger partial charge in [0.1, 0.15) is 17.0 Å². The van der Waals surface area contributed by atoms with Gasteiger partial charge in [0.05, 0.1) is 10.6 Å². The van der Waals surface area contributed by atoms with Gasteiger partial charge < -0.3 is 20.3 Å². The van der Waals surface area contributed by atoms with E-state index in [-0.39, 0.29) is 24.6 Å². The van der Waals surface area contributed by atoms with Gasteiger partial charge in [-0.05, 0) is 30.7 Å². The highest BCUT2D eigenvalue weighted by Crippen LogP contribution is 2.32. The average Bonchev–Trinajstić information content (AvgIpc) is 3.09. The fourth-order valence-corrected chi connectivity index (χ4v) is 3.23. The van der Waals surface area contributed by atoms with Crippen molar-refractivity contribution in [2.45, 2.75) is 13.5 Å². The van der Waals surface area contributed by atoms with Gasteiger partial charge in [-0.1, -0.05) is 47.1 Å². The zero-order valence-electron chi connectivity index (χ0n) is 15.8. The molecule has 3 aromatic rings. The molecule has 3 rings (SSSR count). The zero-order chi connectivity index (χ0) is 21.0. The fourth-order valence-electron chi connectivity index (χ4n) is 3.00. The Bertz CT molecular complexity index is 1030. The van der Waals surface area contributed by atoms with Crippen LogP contribution >= 0.6 is 11.6 Å². The second kappa shape index (κ2) is 8.89. The lowest BCUT2D eigenvalue weighted by atomic mass is 10.0. The van der Waals surface area contributed by atoms with Crippen molar-refractivity contribution in [2.24, 2.45) is 5.73 Å². The fraction of sp³-hybridized carbons (Fsp3) is 0.190. The second-order valence-corrected chi connectivity index (χ2v) is 6.87. The molecule has 3 N–H and O–H groups in total. The van der Waals surface area contributed by atoms with Crippen molar-refractivity contribution >= 4 is 23.5 Å². The highest BCUT2D eigenvalue weighted by molar-refractivity contribution is 6.33. The van der Waals surface area contributed by atoms with Gasteiger partial charge >= 0.3 is 5.97 Å². The smallest absolute Gasteiger partial charge is 0.335 e. The minimum absolute atomic E-state index is 0.182. The number of halogens is 1. The average molecular weight is 414 g/mol. The van der Waals surface area contributed by atoms with Crippen LogP contribution in [0.5, 0.6) is 0 Å². The van der Waals surface area contributed by atoms with Crippen LogP contribution in [0, 0.1) is 6.92 Å². The minimum Gasteiger partial charge on any atom is -0.478 e. The monoisotopic (exact) mass is 413 g/mol. The van der Waals surface area contributed by atoms with E-state index in [4.69, 9.17) is 27.0 Å². The number of carbonyl (C=O) groups is 2. The number of aryl methyl sites for hydroxylation is 1. The van der Waals surface area contributed by atoms with Crippen molar-refractivity contribution in [1.29, 1.82) is 0 Å². The van der Waals surface area contributed by atoms with Crippen molar-refractivity contribution in [3.8, 4) is 11.3 Å². The van der Waals surface area contributed by atoms with Crippen molar-refractivity contribution < 1.29 is 19.2 Å². The molecule has 0 bridgehead atoms. The molecule has 0 unspecified atom stereocenters. The second-order valence-electron chi connectivity index (χ2n) is 6.46. The molecule has 1 heterocycles. The molecule has 150 valence electrons. The number of aromatic carboxylic acids is 1. The summed E-state index contributed by atoms with van der Waals surface area (Å²) in [5.41, 5.74) is 7.99. The number of carbonyl (C=O) groups excluding carboxylic acids is 1. The number of rotatable bonds is 7. The zero-order valence-corrected chi connectivity index (χ0v) is 16.5. The lowest BCUT2D eigenvalue weighted by Gasteiger charge is -2.22. The first-order chi connectivity index (χ1) is 13.9. The molecule has 2 aromatic carbocycles. The Morgan fingerprint density at radius 3 is 2.48 bits per heavy atom. The first kappa shape index (κ1) is 20.6. The molecule has 1 aromatic heterocycles. The topological polar surface area (TPSA) is 110 Å². The third kappa shape index (κ3) is 4.47. The number of hydrogen-bond donors (Lipinski definition) is 2. The molecule has 7 nitrogen and oxygen atoms in total. The molecule has 29 heavy (non-hydrogen) atoms. The summed E-state index contributed by atoms with van der Waals surface area (Å²) in [6, 6.07) is 13.4. The maximum atomic E-state index is 13.3. The maximum Gasteiger partial charge on any atom is 0.335 e. The van der Waals surface area contributed by atoms with E-state index in [0.717, 1.165) is 5.56 Å². The first-order valence-corrected chi connectivity index (χ1v) is 9.33. The van der Waals surface area contributed by atoms with Gasteiger partial charge in [-0.2, -0.15) is 0 Å². The molecule has 0 saturated heterocycles. The molecule has 0 spiro atoms. The predicted octanol–water partition coefficient (Wildman–Crippen LogP) is 3.60. The number of aromatic nitrogens is 1. The number of amides is 1. The van der Waals surface area contributed by atoms with Crippen LogP contribution in [0.1, 0.15) is 32.0 Å². The van der Waals surface area contributed by atoms with Gasteiger partial charge in [-0.25, -0.2) is 4.79 Å². The number of nitrogens with zero attached hydrogens (tertiary/aromatic N) is 2. The van der Waals surface area contributed by atoms with Crippen LogP contribution in [0.3, 0.4) is 0 Å². The van der Waals surface area contributed by atoms with Crippen LogP contribution < -0.4 is 5.73 Å². The van der Waals surface area contributed by atoms with Crippen LogP contribution in [0.25, 0.3) is 11.3 Å². The molecule has 0 fully saturated rings. The minimum atomic E-state index is -1.00. The third-order valence-corrected chi connectivity index (χ3v) is 4.80. The Balaban J connectivity index is 1.93. The van der Waals surface area contributed by atoms with Crippen LogP contribution in [0.2, 0.25) is 5.02 Å². The van der Waals surface area contributed by atoms with E-state index in [0.29, 0.717) is 34.1 Å². The van der Waals surface area contributed by atoms with E-state index in [1.165, 1.54) is 12.1 Å².